The lowest BCUT2D eigenvalue weighted by Gasteiger charge is -2.08. The topological polar surface area (TPSA) is 76.2 Å². The Kier molecular flexibility index (Phi) is 5.98. The Morgan fingerprint density at radius 3 is 2.69 bits per heavy atom. The summed E-state index contributed by atoms with van der Waals surface area (Å²) in [6, 6.07) is -1.34. The van der Waals surface area contributed by atoms with Crippen LogP contribution < -0.4 is 5.73 Å². The van der Waals surface area contributed by atoms with Gasteiger partial charge in [-0.2, -0.15) is 0 Å². The first-order valence-electron chi connectivity index (χ1n) is 3.90. The molecule has 16 heavy (non-hydrogen) atoms. The quantitative estimate of drug-likeness (QED) is 0.803. The largest absolute Gasteiger partial charge is 0.480 e. The van der Waals surface area contributed by atoms with Gasteiger partial charge in [0.05, 0.1) is 6.20 Å². The summed E-state index contributed by atoms with van der Waals surface area (Å²) in [5.41, 5.74) is 4.79. The fourth-order valence-corrected chi connectivity index (χ4v) is 1.31. The summed E-state index contributed by atoms with van der Waals surface area (Å²) in [6.45, 7) is 0. The summed E-state index contributed by atoms with van der Waals surface area (Å²) in [7, 11) is 0. The van der Waals surface area contributed by atoms with E-state index in [9.17, 15) is 13.6 Å². The second-order valence-electron chi connectivity index (χ2n) is 2.84. The molecular weight excluding hydrogens is 354 g/mol. The number of carboxylic acid groups (broad SMARTS) is 1. The highest BCUT2D eigenvalue weighted by atomic mass is 79.9. The first-order chi connectivity index (χ1) is 6.93. The Hall–Kier alpha value is -0.600. The average Bonchev–Trinajstić information content (AvgIpc) is 2.18. The van der Waals surface area contributed by atoms with Gasteiger partial charge in [0, 0.05) is 12.0 Å². The maximum atomic E-state index is 13.3. The zero-order valence-electron chi connectivity index (χ0n) is 7.78. The number of carbonyl (C=O) groups is 1. The molecule has 3 N–H and O–H groups in total. The molecular formula is C8H8Br2F2N2O2. The fourth-order valence-electron chi connectivity index (χ4n) is 0.972. The lowest BCUT2D eigenvalue weighted by Crippen LogP contribution is -2.33. The van der Waals surface area contributed by atoms with Crippen molar-refractivity contribution in [2.45, 2.75) is 12.5 Å². The van der Waals surface area contributed by atoms with E-state index in [0.29, 0.717) is 0 Å². The summed E-state index contributed by atoms with van der Waals surface area (Å²) in [5, 5.41) is 8.50. The molecule has 1 aromatic rings. The van der Waals surface area contributed by atoms with Gasteiger partial charge in [-0.25, -0.2) is 13.8 Å². The van der Waals surface area contributed by atoms with E-state index >= 15 is 0 Å². The Morgan fingerprint density at radius 2 is 2.19 bits per heavy atom. The van der Waals surface area contributed by atoms with Gasteiger partial charge < -0.3 is 10.8 Å². The van der Waals surface area contributed by atoms with Crippen molar-refractivity contribution in [1.29, 1.82) is 0 Å². The monoisotopic (exact) mass is 360 g/mol. The molecule has 1 aromatic heterocycles. The smallest absolute Gasteiger partial charge is 0.320 e. The van der Waals surface area contributed by atoms with E-state index in [1.54, 1.807) is 0 Å². The van der Waals surface area contributed by atoms with Crippen LogP contribution in [0, 0.1) is 11.6 Å². The molecule has 0 aliphatic carbocycles. The van der Waals surface area contributed by atoms with Crippen molar-refractivity contribution in [2.75, 3.05) is 0 Å². The van der Waals surface area contributed by atoms with Gasteiger partial charge in [-0.1, -0.05) is 0 Å². The Morgan fingerprint density at radius 1 is 1.62 bits per heavy atom. The van der Waals surface area contributed by atoms with Crippen LogP contribution >= 0.6 is 32.9 Å². The van der Waals surface area contributed by atoms with Crippen LogP contribution in [0.25, 0.3) is 0 Å². The van der Waals surface area contributed by atoms with E-state index in [4.69, 9.17) is 10.8 Å². The van der Waals surface area contributed by atoms with Crippen LogP contribution in [0.5, 0.6) is 0 Å². The predicted molar refractivity (Wildman–Crippen MR) is 61.5 cm³/mol. The number of pyridine rings is 1. The lowest BCUT2D eigenvalue weighted by molar-refractivity contribution is -0.138. The Balaban J connectivity index is 0.00000225. The maximum absolute atomic E-state index is 13.3. The summed E-state index contributed by atoms with van der Waals surface area (Å²) >= 11 is 2.77. The van der Waals surface area contributed by atoms with Crippen LogP contribution in [0.1, 0.15) is 5.56 Å². The first-order valence-corrected chi connectivity index (χ1v) is 4.69. The van der Waals surface area contributed by atoms with Crippen LogP contribution in [0.3, 0.4) is 0 Å². The second-order valence-corrected chi connectivity index (χ2v) is 3.59. The zero-order valence-corrected chi connectivity index (χ0v) is 11.1. The van der Waals surface area contributed by atoms with E-state index in [-0.39, 0.29) is 27.1 Å². The molecule has 0 fully saturated rings. The van der Waals surface area contributed by atoms with Crippen LogP contribution in [-0.4, -0.2) is 22.1 Å². The van der Waals surface area contributed by atoms with Gasteiger partial charge in [0.25, 0.3) is 0 Å². The van der Waals surface area contributed by atoms with Crippen molar-refractivity contribution >= 4 is 38.9 Å². The number of halogens is 4. The molecule has 90 valence electrons. The number of rotatable bonds is 3. The molecule has 1 atom stereocenters. The number of hydrogen-bond donors (Lipinski definition) is 2. The van der Waals surface area contributed by atoms with Crippen molar-refractivity contribution in [3.05, 3.63) is 28.0 Å². The molecule has 0 amide bonds. The zero-order chi connectivity index (χ0) is 11.6. The van der Waals surface area contributed by atoms with Crippen molar-refractivity contribution in [2.24, 2.45) is 5.73 Å². The number of aromatic nitrogens is 1. The van der Waals surface area contributed by atoms with E-state index < -0.39 is 30.1 Å². The van der Waals surface area contributed by atoms with E-state index in [1.165, 1.54) is 0 Å². The third-order valence-electron chi connectivity index (χ3n) is 1.77. The molecule has 4 nitrogen and oxygen atoms in total. The SMILES string of the molecule is Br.NC(Cc1c(F)cnc(Br)c1F)C(=O)O. The molecule has 0 aliphatic rings. The summed E-state index contributed by atoms with van der Waals surface area (Å²) < 4.78 is 26.2. The highest BCUT2D eigenvalue weighted by molar-refractivity contribution is 9.10. The maximum Gasteiger partial charge on any atom is 0.320 e. The molecule has 0 bridgehead atoms. The van der Waals surface area contributed by atoms with Crippen LogP contribution in [0.2, 0.25) is 0 Å². The minimum absolute atomic E-state index is 0. The van der Waals surface area contributed by atoms with Gasteiger partial charge in [-0.15, -0.1) is 17.0 Å². The van der Waals surface area contributed by atoms with Crippen molar-refractivity contribution in [1.82, 2.24) is 4.98 Å². The van der Waals surface area contributed by atoms with E-state index in [1.807, 2.05) is 0 Å². The Bertz CT molecular complexity index is 404. The summed E-state index contributed by atoms with van der Waals surface area (Å²) in [5.74, 6) is -3.15. The minimum atomic E-state index is -1.34. The van der Waals surface area contributed by atoms with Gasteiger partial charge in [-0.3, -0.25) is 4.79 Å². The normalized spacial score (nSPS) is 11.8. The summed E-state index contributed by atoms with van der Waals surface area (Å²) in [4.78, 5) is 13.8. The molecule has 0 aliphatic heterocycles. The number of aliphatic carboxylic acids is 1. The summed E-state index contributed by atoms with van der Waals surface area (Å²) in [6.07, 6.45) is 0.380. The molecule has 0 aromatic carbocycles. The molecule has 0 radical (unpaired) electrons. The van der Waals surface area contributed by atoms with Crippen LogP contribution in [0.15, 0.2) is 10.8 Å². The second kappa shape index (κ2) is 6.21. The molecule has 8 heteroatoms. The van der Waals surface area contributed by atoms with Gasteiger partial charge in [0.15, 0.2) is 5.82 Å². The van der Waals surface area contributed by atoms with Crippen molar-refractivity contribution in [3.8, 4) is 0 Å². The van der Waals surface area contributed by atoms with Crippen LogP contribution in [-0.2, 0) is 11.2 Å². The number of nitrogens with two attached hydrogens (primary N) is 1. The van der Waals surface area contributed by atoms with Crippen molar-refractivity contribution < 1.29 is 18.7 Å². The Labute approximate surface area is 109 Å². The molecule has 0 saturated heterocycles. The number of carboxylic acids is 1. The number of hydrogen-bond acceptors (Lipinski definition) is 3. The minimum Gasteiger partial charge on any atom is -0.480 e. The van der Waals surface area contributed by atoms with Gasteiger partial charge in [0.1, 0.15) is 16.5 Å². The third-order valence-corrected chi connectivity index (χ3v) is 2.32. The third kappa shape index (κ3) is 3.46. The fraction of sp³-hybridized carbons (Fsp3) is 0.250. The molecule has 1 unspecified atom stereocenters. The van der Waals surface area contributed by atoms with Gasteiger partial charge in [0.2, 0.25) is 0 Å². The van der Waals surface area contributed by atoms with Gasteiger partial charge >= 0.3 is 5.97 Å². The number of nitrogens with zero attached hydrogens (tertiary/aromatic N) is 1. The van der Waals surface area contributed by atoms with Crippen molar-refractivity contribution in [3.63, 3.8) is 0 Å². The lowest BCUT2D eigenvalue weighted by atomic mass is 10.1. The predicted octanol–water partition coefficient (Wildman–Crippen LogP) is 1.65. The van der Waals surface area contributed by atoms with E-state index in [2.05, 4.69) is 20.9 Å². The highest BCUT2D eigenvalue weighted by Gasteiger charge is 2.20. The standard InChI is InChI=1S/C8H7BrF2N2O2.BrH/c9-7-6(11)3(4(10)2-13-7)1-5(12)8(14)15;/h2,5H,1,12H2,(H,14,15);1H. The van der Waals surface area contributed by atoms with E-state index in [0.717, 1.165) is 6.20 Å². The van der Waals surface area contributed by atoms with Crippen LogP contribution in [0.4, 0.5) is 8.78 Å². The molecule has 1 heterocycles. The van der Waals surface area contributed by atoms with Gasteiger partial charge in [-0.05, 0) is 15.9 Å². The highest BCUT2D eigenvalue weighted by Crippen LogP contribution is 2.19. The molecule has 0 saturated carbocycles. The average molecular weight is 362 g/mol. The first kappa shape index (κ1) is 15.4. The molecule has 0 spiro atoms. The molecule has 1 rings (SSSR count).